The molecule has 0 bridgehead atoms. The molecule has 2 aliphatic heterocycles. The van der Waals surface area contributed by atoms with E-state index in [4.69, 9.17) is 11.3 Å². The molecule has 40 heavy (non-hydrogen) atoms. The molecule has 11 nitrogen and oxygen atoms in total. The van der Waals surface area contributed by atoms with Crippen LogP contribution in [-0.2, 0) is 16.0 Å². The van der Waals surface area contributed by atoms with Crippen molar-refractivity contribution in [2.24, 2.45) is 22.8 Å². The molecule has 0 spiro atoms. The van der Waals surface area contributed by atoms with E-state index in [9.17, 15) is 9.59 Å². The maximum atomic E-state index is 12.0. The topological polar surface area (TPSA) is 156 Å². The van der Waals surface area contributed by atoms with E-state index in [1.807, 2.05) is 0 Å². The second-order valence-corrected chi connectivity index (χ2v) is 11.8. The van der Waals surface area contributed by atoms with Crippen molar-refractivity contribution >= 4 is 23.6 Å². The van der Waals surface area contributed by atoms with Crippen LogP contribution in [-0.4, -0.2) is 93.6 Å². The number of likely N-dealkylation sites (tertiary alicyclic amines) is 2. The Morgan fingerprint density at radius 2 is 1.68 bits per heavy atom. The van der Waals surface area contributed by atoms with Crippen LogP contribution in [0.4, 0.5) is 0 Å². The normalized spacial score (nSPS) is 18.0. The summed E-state index contributed by atoms with van der Waals surface area (Å²) in [6.45, 7) is 13.8. The molecule has 0 saturated carbocycles. The lowest BCUT2D eigenvalue weighted by Gasteiger charge is -2.34. The van der Waals surface area contributed by atoms with Crippen molar-refractivity contribution in [1.82, 2.24) is 30.5 Å². The summed E-state index contributed by atoms with van der Waals surface area (Å²) in [6.07, 6.45) is 12.2. The van der Waals surface area contributed by atoms with Gasteiger partial charge >= 0.3 is 0 Å². The van der Waals surface area contributed by atoms with Crippen molar-refractivity contribution in [2.75, 3.05) is 32.7 Å². The monoisotopic (exact) mass is 559 g/mol. The Morgan fingerprint density at radius 3 is 2.17 bits per heavy atom. The summed E-state index contributed by atoms with van der Waals surface area (Å²) < 4.78 is 0. The lowest BCUT2D eigenvalue weighted by Crippen LogP contribution is -2.38. The van der Waals surface area contributed by atoms with Gasteiger partial charge in [0.25, 0.3) is 0 Å². The Bertz CT molecular complexity index is 885. The van der Waals surface area contributed by atoms with Crippen LogP contribution in [0.1, 0.15) is 91.2 Å². The quantitative estimate of drug-likeness (QED) is 0.155. The number of nitrogens with two attached hydrogens (primary N) is 1. The molecule has 0 radical (unpaired) electrons. The van der Waals surface area contributed by atoms with E-state index >= 15 is 0 Å². The van der Waals surface area contributed by atoms with E-state index in [1.165, 1.54) is 25.7 Å². The number of aryl methyl sites for hydroxylation is 1. The molecule has 3 heterocycles. The molecule has 1 amide bonds. The summed E-state index contributed by atoms with van der Waals surface area (Å²) in [5.41, 5.74) is 1.33. The molecule has 0 atom stereocenters. The third-order valence-electron chi connectivity index (χ3n) is 8.21. The maximum Gasteiger partial charge on any atom is 0.220 e. The van der Waals surface area contributed by atoms with Gasteiger partial charge in [-0.25, -0.2) is 0 Å². The zero-order chi connectivity index (χ0) is 29.3. The van der Waals surface area contributed by atoms with E-state index in [0.717, 1.165) is 63.8 Å². The summed E-state index contributed by atoms with van der Waals surface area (Å²) in [4.78, 5) is 28.7. The number of carbonyl (C=O) groups is 2. The predicted molar refractivity (Wildman–Crippen MR) is 160 cm³/mol. The van der Waals surface area contributed by atoms with Crippen molar-refractivity contribution in [3.63, 3.8) is 0 Å². The zero-order valence-electron chi connectivity index (χ0n) is 25.2. The largest absolute Gasteiger partial charge is 0.350 e. The number of rotatable bonds is 14. The smallest absolute Gasteiger partial charge is 0.220 e. The number of hydrazone groups is 1. The average Bonchev–Trinajstić information content (AvgIpc) is 3.47. The summed E-state index contributed by atoms with van der Waals surface area (Å²) in [5, 5.41) is 23.5. The highest BCUT2D eigenvalue weighted by Gasteiger charge is 2.23. The van der Waals surface area contributed by atoms with Crippen LogP contribution < -0.4 is 11.2 Å². The highest BCUT2D eigenvalue weighted by molar-refractivity contribution is 6.30. The molecule has 3 rings (SSSR count). The Kier molecular flexibility index (Phi) is 15.6. The number of ketones is 1. The molecule has 0 unspecified atom stereocenters. The molecular formula is C29H53N9O2. The lowest BCUT2D eigenvalue weighted by molar-refractivity contribution is -0.121. The number of amides is 1. The van der Waals surface area contributed by atoms with Crippen molar-refractivity contribution in [2.45, 2.75) is 104 Å². The number of nitrogens with zero attached hydrogens (tertiary/aromatic N) is 5. The first-order valence-corrected chi connectivity index (χ1v) is 15.1. The van der Waals surface area contributed by atoms with Gasteiger partial charge in [0.2, 0.25) is 5.91 Å². The van der Waals surface area contributed by atoms with Crippen LogP contribution in [0, 0.1) is 17.2 Å². The molecule has 0 aromatic carbocycles. The highest BCUT2D eigenvalue weighted by atomic mass is 16.1. The fourth-order valence-corrected chi connectivity index (χ4v) is 5.41. The number of hydrogen-bond donors (Lipinski definition) is 4. The fourth-order valence-electron chi connectivity index (χ4n) is 5.41. The van der Waals surface area contributed by atoms with E-state index in [2.05, 4.69) is 63.3 Å². The van der Waals surface area contributed by atoms with Crippen LogP contribution in [0.2, 0.25) is 0 Å². The molecule has 226 valence electrons. The van der Waals surface area contributed by atoms with Gasteiger partial charge < -0.3 is 26.4 Å². The van der Waals surface area contributed by atoms with Gasteiger partial charge in [0.05, 0.1) is 24.1 Å². The van der Waals surface area contributed by atoms with E-state index in [1.54, 1.807) is 6.20 Å². The minimum Gasteiger partial charge on any atom is -0.350 e. The van der Waals surface area contributed by atoms with Crippen molar-refractivity contribution < 1.29 is 9.59 Å². The van der Waals surface area contributed by atoms with Gasteiger partial charge in [-0.3, -0.25) is 9.59 Å². The Balaban J connectivity index is 0.000000280. The van der Waals surface area contributed by atoms with Gasteiger partial charge in [-0.15, -0.1) is 0 Å². The number of aromatic nitrogens is 3. The second-order valence-electron chi connectivity index (χ2n) is 11.8. The van der Waals surface area contributed by atoms with Gasteiger partial charge in [0, 0.05) is 37.6 Å². The van der Waals surface area contributed by atoms with Gasteiger partial charge in [0.1, 0.15) is 5.78 Å². The summed E-state index contributed by atoms with van der Waals surface area (Å²) in [6, 6.07) is 1.25. The van der Waals surface area contributed by atoms with Crippen molar-refractivity contribution in [3.05, 3.63) is 11.9 Å². The number of Topliss-reactive ketones (excluding diaryl/α,β-unsaturated/α-hetero) is 1. The molecule has 2 saturated heterocycles. The molecule has 1 aromatic rings. The third kappa shape index (κ3) is 13.1. The number of nitrogens with one attached hydrogen (secondary N) is 3. The standard InChI is InChI=1S/C15H26N4O.C14H27N5O/c1-12(2)19-8-6-13(7-9-19)10-15(20)5-3-4-14-11-16-18-17-14;1-11(2)19-7-5-12(6-8-19)3-4-14(20)17-10-13(9-15)18-16/h11-13H,3-10H2,1-2H3,(H,16,17,18);9,11-12,15H,3-8,10,16H2,1-2H3,(H,17,20). The van der Waals surface area contributed by atoms with Crippen molar-refractivity contribution in [1.29, 1.82) is 5.41 Å². The molecule has 2 aliphatic rings. The number of hydrogen-bond acceptors (Lipinski definition) is 9. The van der Waals surface area contributed by atoms with Gasteiger partial charge in [-0.1, -0.05) is 0 Å². The number of aromatic amines is 1. The Labute approximate surface area is 240 Å². The molecule has 1 aromatic heterocycles. The minimum absolute atomic E-state index is 0.0132. The van der Waals surface area contributed by atoms with Crippen LogP contribution >= 0.6 is 0 Å². The van der Waals surface area contributed by atoms with Crippen LogP contribution in [0.15, 0.2) is 11.3 Å². The predicted octanol–water partition coefficient (Wildman–Crippen LogP) is 3.17. The molecular weight excluding hydrogens is 506 g/mol. The van der Waals surface area contributed by atoms with Crippen LogP contribution in [0.5, 0.6) is 0 Å². The number of H-pyrrole nitrogens is 1. The van der Waals surface area contributed by atoms with Crippen LogP contribution in [0.3, 0.4) is 0 Å². The molecule has 2 fully saturated rings. The first kappa shape index (κ1) is 33.5. The molecule has 5 N–H and O–H groups in total. The number of piperidine rings is 2. The fraction of sp³-hybridized carbons (Fsp3) is 0.793. The minimum atomic E-state index is 0.0132. The van der Waals surface area contributed by atoms with Crippen LogP contribution in [0.25, 0.3) is 0 Å². The van der Waals surface area contributed by atoms with Crippen molar-refractivity contribution in [3.8, 4) is 0 Å². The Morgan fingerprint density at radius 1 is 1.07 bits per heavy atom. The average molecular weight is 560 g/mol. The third-order valence-corrected chi connectivity index (χ3v) is 8.21. The lowest BCUT2D eigenvalue weighted by atomic mass is 9.90. The van der Waals surface area contributed by atoms with E-state index in [0.29, 0.717) is 48.3 Å². The first-order chi connectivity index (χ1) is 19.2. The molecule has 11 heteroatoms. The molecule has 0 aliphatic carbocycles. The Hall–Kier alpha value is -2.66. The summed E-state index contributed by atoms with van der Waals surface area (Å²) in [5.74, 6) is 6.76. The summed E-state index contributed by atoms with van der Waals surface area (Å²) in [7, 11) is 0. The van der Waals surface area contributed by atoms with Gasteiger partial charge in [-0.05, 0) is 111 Å². The summed E-state index contributed by atoms with van der Waals surface area (Å²) >= 11 is 0. The SMILES string of the molecule is CC(C)N1CCC(CC(=O)CCCc2cn[nH]n2)CC1.CC(C)N1CCC(CCC(=O)NCC(C=N)=NN)CC1. The zero-order valence-corrected chi connectivity index (χ0v) is 25.2. The highest BCUT2D eigenvalue weighted by Crippen LogP contribution is 2.24. The van der Waals surface area contributed by atoms with Gasteiger partial charge in [0.15, 0.2) is 0 Å². The number of carbonyl (C=O) groups excluding carboxylic acids is 2. The maximum absolute atomic E-state index is 12.0. The van der Waals surface area contributed by atoms with Gasteiger partial charge in [-0.2, -0.15) is 20.5 Å². The first-order valence-electron chi connectivity index (χ1n) is 15.1. The second kappa shape index (κ2) is 18.6. The van der Waals surface area contributed by atoms with E-state index < -0.39 is 0 Å². The van der Waals surface area contributed by atoms with E-state index in [-0.39, 0.29) is 12.5 Å².